The summed E-state index contributed by atoms with van der Waals surface area (Å²) < 4.78 is 0. The van der Waals surface area contributed by atoms with Crippen LogP contribution < -0.4 is 11.1 Å². The van der Waals surface area contributed by atoms with E-state index in [0.29, 0.717) is 30.0 Å². The first-order valence-corrected chi connectivity index (χ1v) is 8.91. The lowest BCUT2D eigenvalue weighted by molar-refractivity contribution is -0.128. The van der Waals surface area contributed by atoms with E-state index in [1.165, 1.54) is 38.5 Å². The third-order valence-corrected chi connectivity index (χ3v) is 6.97. The van der Waals surface area contributed by atoms with Gasteiger partial charge in [0.2, 0.25) is 5.91 Å². The average molecular weight is 364 g/mol. The van der Waals surface area contributed by atoms with E-state index >= 15 is 0 Å². The van der Waals surface area contributed by atoms with Gasteiger partial charge in [-0.15, -0.1) is 24.8 Å². The Kier molecular flexibility index (Phi) is 6.26. The number of carbonyl (C=O) groups excluding carboxylic acids is 1. The Hall–Kier alpha value is -0.0300. The van der Waals surface area contributed by atoms with Crippen LogP contribution in [0.25, 0.3) is 0 Å². The summed E-state index contributed by atoms with van der Waals surface area (Å²) >= 11 is 0. The lowest BCUT2D eigenvalue weighted by Crippen LogP contribution is -2.57. The second-order valence-corrected chi connectivity index (χ2v) is 8.02. The Morgan fingerprint density at radius 3 is 2.17 bits per heavy atom. The first kappa shape index (κ1) is 19.3. The van der Waals surface area contributed by atoms with Crippen molar-refractivity contribution < 1.29 is 4.79 Å². The van der Waals surface area contributed by atoms with Crippen molar-refractivity contribution in [2.24, 2.45) is 23.5 Å². The Balaban J connectivity index is 0.000000960. The normalized spacial score (nSPS) is 45.0. The first-order chi connectivity index (χ1) is 10.1. The highest BCUT2D eigenvalue weighted by atomic mass is 35.5. The topological polar surface area (TPSA) is 58.4 Å². The molecule has 0 aromatic carbocycles. The molecule has 3 N–H and O–H groups in total. The Morgan fingerprint density at radius 2 is 1.61 bits per heavy atom. The number of hydrogen-bond acceptors (Lipinski definition) is 3. The zero-order valence-electron chi connectivity index (χ0n) is 13.9. The van der Waals surface area contributed by atoms with Crippen molar-refractivity contribution >= 4 is 30.7 Å². The molecule has 4 nitrogen and oxygen atoms in total. The molecule has 6 heteroatoms. The number of halogens is 2. The minimum absolute atomic E-state index is 0. The molecule has 1 amide bonds. The molecule has 6 unspecified atom stereocenters. The maximum Gasteiger partial charge on any atom is 0.225 e. The highest BCUT2D eigenvalue weighted by Gasteiger charge is 2.49. The van der Waals surface area contributed by atoms with Crippen molar-refractivity contribution in [3.8, 4) is 0 Å². The predicted molar refractivity (Wildman–Crippen MR) is 97.1 cm³/mol. The lowest BCUT2D eigenvalue weighted by atomic mass is 9.81. The number of carbonyl (C=O) groups is 1. The summed E-state index contributed by atoms with van der Waals surface area (Å²) in [5, 5.41) is 3.38. The van der Waals surface area contributed by atoms with Crippen molar-refractivity contribution in [2.75, 3.05) is 7.05 Å². The highest BCUT2D eigenvalue weighted by Crippen LogP contribution is 2.47. The SMILES string of the molecule is CN1C2CCCC1CC(NC(=O)C1C3CCC(C3)C1N)C2.Cl.Cl. The van der Waals surface area contributed by atoms with Crippen LogP contribution in [0.2, 0.25) is 0 Å². The van der Waals surface area contributed by atoms with Gasteiger partial charge in [0.1, 0.15) is 0 Å². The predicted octanol–water partition coefficient (Wildman–Crippen LogP) is 2.33. The van der Waals surface area contributed by atoms with E-state index in [9.17, 15) is 4.79 Å². The quantitative estimate of drug-likeness (QED) is 0.791. The first-order valence-electron chi connectivity index (χ1n) is 8.91. The molecule has 0 aromatic rings. The van der Waals surface area contributed by atoms with Crippen molar-refractivity contribution in [3.05, 3.63) is 0 Å². The maximum atomic E-state index is 12.7. The van der Waals surface area contributed by atoms with E-state index in [1.54, 1.807) is 0 Å². The number of nitrogens with one attached hydrogen (secondary N) is 1. The van der Waals surface area contributed by atoms with Gasteiger partial charge in [-0.05, 0) is 63.8 Å². The molecule has 2 saturated heterocycles. The molecule has 2 aliphatic heterocycles. The molecule has 4 rings (SSSR count). The van der Waals surface area contributed by atoms with Gasteiger partial charge in [-0.2, -0.15) is 0 Å². The van der Waals surface area contributed by atoms with E-state index in [4.69, 9.17) is 5.73 Å². The van der Waals surface area contributed by atoms with Crippen LogP contribution >= 0.6 is 24.8 Å². The third kappa shape index (κ3) is 3.37. The number of piperidine rings is 2. The fraction of sp³-hybridized carbons (Fsp3) is 0.941. The molecule has 4 fully saturated rings. The molecule has 2 saturated carbocycles. The summed E-state index contributed by atoms with van der Waals surface area (Å²) in [7, 11) is 2.26. The molecule has 0 aromatic heterocycles. The number of nitrogens with zero attached hydrogens (tertiary/aromatic N) is 1. The Labute approximate surface area is 152 Å². The van der Waals surface area contributed by atoms with Gasteiger partial charge in [-0.1, -0.05) is 6.42 Å². The molecule has 0 radical (unpaired) electrons. The van der Waals surface area contributed by atoms with Gasteiger partial charge in [-0.25, -0.2) is 0 Å². The van der Waals surface area contributed by atoms with Gasteiger partial charge < -0.3 is 16.0 Å². The van der Waals surface area contributed by atoms with Gasteiger partial charge in [0.25, 0.3) is 0 Å². The Morgan fingerprint density at radius 1 is 1.00 bits per heavy atom. The van der Waals surface area contributed by atoms with E-state index < -0.39 is 0 Å². The monoisotopic (exact) mass is 363 g/mol. The van der Waals surface area contributed by atoms with Crippen LogP contribution in [0.5, 0.6) is 0 Å². The van der Waals surface area contributed by atoms with Crippen LogP contribution in [0.4, 0.5) is 0 Å². The fourth-order valence-electron chi connectivity index (χ4n) is 5.76. The summed E-state index contributed by atoms with van der Waals surface area (Å²) in [5.41, 5.74) is 6.32. The number of rotatable bonds is 2. The summed E-state index contributed by atoms with van der Waals surface area (Å²) in [4.78, 5) is 15.3. The largest absolute Gasteiger partial charge is 0.353 e. The zero-order chi connectivity index (χ0) is 14.6. The van der Waals surface area contributed by atoms with Crippen LogP contribution in [0.1, 0.15) is 51.4 Å². The summed E-state index contributed by atoms with van der Waals surface area (Å²) in [6.07, 6.45) is 9.88. The second kappa shape index (κ2) is 7.47. The Bertz CT molecular complexity index is 420. The number of nitrogens with two attached hydrogens (primary N) is 1. The smallest absolute Gasteiger partial charge is 0.225 e. The van der Waals surface area contributed by atoms with Crippen molar-refractivity contribution in [1.29, 1.82) is 0 Å². The molecular weight excluding hydrogens is 333 g/mol. The van der Waals surface area contributed by atoms with Crippen molar-refractivity contribution in [1.82, 2.24) is 10.2 Å². The van der Waals surface area contributed by atoms with E-state index in [0.717, 1.165) is 12.8 Å². The van der Waals surface area contributed by atoms with Crippen LogP contribution in [-0.4, -0.2) is 42.0 Å². The summed E-state index contributed by atoms with van der Waals surface area (Å²) in [5.74, 6) is 1.55. The summed E-state index contributed by atoms with van der Waals surface area (Å²) in [6.45, 7) is 0. The standard InChI is InChI=1S/C17H29N3O.2ClH/c1-20-13-3-2-4-14(20)9-12(8-13)19-17(21)15-10-5-6-11(7-10)16(15)18;;/h10-16H,2-9,18H2,1H3,(H,19,21);2*1H. The molecule has 4 bridgehead atoms. The van der Waals surface area contributed by atoms with Crippen LogP contribution in [0, 0.1) is 17.8 Å². The molecule has 2 aliphatic carbocycles. The summed E-state index contributed by atoms with van der Waals surface area (Å²) in [6, 6.07) is 1.86. The lowest BCUT2D eigenvalue weighted by Gasteiger charge is -2.47. The van der Waals surface area contributed by atoms with Crippen molar-refractivity contribution in [3.63, 3.8) is 0 Å². The van der Waals surface area contributed by atoms with E-state index in [-0.39, 0.29) is 42.7 Å². The highest BCUT2D eigenvalue weighted by molar-refractivity contribution is 5.85. The minimum atomic E-state index is 0. The molecule has 0 spiro atoms. The van der Waals surface area contributed by atoms with Gasteiger partial charge in [0, 0.05) is 24.2 Å². The zero-order valence-corrected chi connectivity index (χ0v) is 15.6. The van der Waals surface area contributed by atoms with Crippen LogP contribution in [0.3, 0.4) is 0 Å². The van der Waals surface area contributed by atoms with E-state index in [2.05, 4.69) is 17.3 Å². The van der Waals surface area contributed by atoms with Gasteiger partial charge in [0.15, 0.2) is 0 Å². The minimum Gasteiger partial charge on any atom is -0.353 e. The number of hydrogen-bond donors (Lipinski definition) is 2. The molecule has 134 valence electrons. The fourth-order valence-corrected chi connectivity index (χ4v) is 5.76. The van der Waals surface area contributed by atoms with Gasteiger partial charge >= 0.3 is 0 Å². The molecular formula is C17H31Cl2N3O. The average Bonchev–Trinajstić information content (AvgIpc) is 3.00. The molecule has 23 heavy (non-hydrogen) atoms. The van der Waals surface area contributed by atoms with Crippen LogP contribution in [-0.2, 0) is 4.79 Å². The molecule has 4 aliphatic rings. The molecule has 6 atom stereocenters. The third-order valence-electron chi connectivity index (χ3n) is 6.97. The van der Waals surface area contributed by atoms with Gasteiger partial charge in [0.05, 0.1) is 5.92 Å². The van der Waals surface area contributed by atoms with Crippen LogP contribution in [0.15, 0.2) is 0 Å². The number of amides is 1. The second-order valence-electron chi connectivity index (χ2n) is 8.02. The van der Waals surface area contributed by atoms with E-state index in [1.807, 2.05) is 0 Å². The number of fused-ring (bicyclic) bond motifs is 4. The maximum absolute atomic E-state index is 12.7. The molecule has 2 heterocycles. The van der Waals surface area contributed by atoms with Crippen molar-refractivity contribution in [2.45, 2.75) is 75.5 Å². The van der Waals surface area contributed by atoms with Gasteiger partial charge in [-0.3, -0.25) is 4.79 Å².